The second-order valence-corrected chi connectivity index (χ2v) is 7.42. The molecule has 0 saturated heterocycles. The normalized spacial score (nSPS) is 11.5. The molecule has 0 saturated carbocycles. The first-order valence-corrected chi connectivity index (χ1v) is 9.18. The highest BCUT2D eigenvalue weighted by Gasteiger charge is 2.31. The lowest BCUT2D eigenvalue weighted by molar-refractivity contribution is -0.137. The lowest BCUT2D eigenvalue weighted by Gasteiger charge is -2.09. The number of rotatable bonds is 3. The van der Waals surface area contributed by atoms with E-state index >= 15 is 0 Å². The Kier molecular flexibility index (Phi) is 5.45. The molecule has 1 N–H and O–H groups in total. The first-order chi connectivity index (χ1) is 13.1. The van der Waals surface area contributed by atoms with Gasteiger partial charge in [-0.2, -0.15) is 13.2 Å². The number of nitrogens with one attached hydrogen (secondary N) is 1. The summed E-state index contributed by atoms with van der Waals surface area (Å²) in [4.78, 5) is 16.9. The molecule has 0 fully saturated rings. The van der Waals surface area contributed by atoms with Crippen molar-refractivity contribution in [3.8, 4) is 10.6 Å². The molecule has 0 aliphatic heterocycles. The third kappa shape index (κ3) is 4.02. The van der Waals surface area contributed by atoms with Crippen molar-refractivity contribution in [1.29, 1.82) is 0 Å². The molecule has 3 aromatic rings. The summed E-state index contributed by atoms with van der Waals surface area (Å²) >= 11 is 6.93. The highest BCUT2D eigenvalue weighted by atomic mass is 35.5. The molecule has 0 aliphatic rings. The molecule has 3 nitrogen and oxygen atoms in total. The summed E-state index contributed by atoms with van der Waals surface area (Å²) in [5.74, 6) is -1.19. The number of alkyl halides is 3. The Morgan fingerprint density at radius 3 is 2.54 bits per heavy atom. The van der Waals surface area contributed by atoms with Gasteiger partial charge in [0.1, 0.15) is 15.7 Å². The van der Waals surface area contributed by atoms with Gasteiger partial charge in [-0.15, -0.1) is 11.3 Å². The maximum absolute atomic E-state index is 14.0. The first kappa shape index (κ1) is 20.3. The van der Waals surface area contributed by atoms with Crippen LogP contribution in [0.25, 0.3) is 10.6 Å². The van der Waals surface area contributed by atoms with Crippen LogP contribution in [0.3, 0.4) is 0 Å². The number of halogens is 5. The Morgan fingerprint density at radius 1 is 1.18 bits per heavy atom. The van der Waals surface area contributed by atoms with Gasteiger partial charge in [0.05, 0.1) is 22.0 Å². The number of anilines is 1. The zero-order valence-electron chi connectivity index (χ0n) is 14.6. The fourth-order valence-electron chi connectivity index (χ4n) is 2.55. The molecule has 146 valence electrons. The summed E-state index contributed by atoms with van der Waals surface area (Å²) in [5.41, 5.74) is 0.0917. The van der Waals surface area contributed by atoms with Gasteiger partial charge < -0.3 is 5.32 Å². The van der Waals surface area contributed by atoms with Crippen LogP contribution in [0.1, 0.15) is 26.5 Å². The number of hydrogen-bond donors (Lipinski definition) is 1. The van der Waals surface area contributed by atoms with Gasteiger partial charge >= 0.3 is 6.18 Å². The Bertz CT molecular complexity index is 1040. The van der Waals surface area contributed by atoms with Crippen molar-refractivity contribution in [2.75, 3.05) is 5.32 Å². The van der Waals surface area contributed by atoms with Crippen LogP contribution in [0.15, 0.2) is 36.4 Å². The monoisotopic (exact) mass is 428 g/mol. The molecule has 0 radical (unpaired) electrons. The van der Waals surface area contributed by atoms with Crippen LogP contribution in [0.4, 0.5) is 23.2 Å². The Hall–Kier alpha value is -2.45. The summed E-state index contributed by atoms with van der Waals surface area (Å²) < 4.78 is 52.9. The number of amides is 1. The predicted molar refractivity (Wildman–Crippen MR) is 101 cm³/mol. The van der Waals surface area contributed by atoms with Gasteiger partial charge in [-0.3, -0.25) is 4.79 Å². The quantitative estimate of drug-likeness (QED) is 0.484. The molecule has 0 spiro atoms. The van der Waals surface area contributed by atoms with E-state index in [4.69, 9.17) is 11.6 Å². The van der Waals surface area contributed by atoms with Crippen molar-refractivity contribution in [3.05, 3.63) is 68.9 Å². The van der Waals surface area contributed by atoms with E-state index in [1.165, 1.54) is 12.1 Å². The van der Waals surface area contributed by atoms with Crippen molar-refractivity contribution >= 4 is 34.5 Å². The van der Waals surface area contributed by atoms with Gasteiger partial charge in [-0.1, -0.05) is 23.7 Å². The molecule has 0 aliphatic carbocycles. The highest BCUT2D eigenvalue weighted by molar-refractivity contribution is 7.17. The van der Waals surface area contributed by atoms with Gasteiger partial charge in [-0.05, 0) is 43.7 Å². The molecule has 0 bridgehead atoms. The van der Waals surface area contributed by atoms with E-state index in [9.17, 15) is 22.4 Å². The SMILES string of the molecule is Cc1cccc(F)c1NC(=O)c1sc(-c2cc(C(F)(F)F)ccc2Cl)nc1C. The molecular formula is C19H13ClF4N2OS. The number of nitrogens with zero attached hydrogens (tertiary/aromatic N) is 1. The van der Waals surface area contributed by atoms with Gasteiger partial charge in [0.2, 0.25) is 0 Å². The van der Waals surface area contributed by atoms with Crippen LogP contribution in [0.5, 0.6) is 0 Å². The Labute approximate surface area is 167 Å². The van der Waals surface area contributed by atoms with Gasteiger partial charge in [-0.25, -0.2) is 9.37 Å². The maximum Gasteiger partial charge on any atom is 0.416 e. The Morgan fingerprint density at radius 2 is 1.89 bits per heavy atom. The fraction of sp³-hybridized carbons (Fsp3) is 0.158. The van der Waals surface area contributed by atoms with Crippen LogP contribution in [-0.4, -0.2) is 10.9 Å². The summed E-state index contributed by atoms with van der Waals surface area (Å²) in [6, 6.07) is 7.29. The Balaban J connectivity index is 1.97. The number of carbonyl (C=O) groups excluding carboxylic acids is 1. The summed E-state index contributed by atoms with van der Waals surface area (Å²) in [7, 11) is 0. The summed E-state index contributed by atoms with van der Waals surface area (Å²) in [6.07, 6.45) is -4.53. The fourth-order valence-corrected chi connectivity index (χ4v) is 3.80. The minimum atomic E-state index is -4.53. The number of carbonyl (C=O) groups is 1. The number of para-hydroxylation sites is 1. The second-order valence-electron chi connectivity index (χ2n) is 6.01. The van der Waals surface area contributed by atoms with E-state index in [0.717, 1.165) is 29.5 Å². The molecule has 1 heterocycles. The topological polar surface area (TPSA) is 42.0 Å². The minimum Gasteiger partial charge on any atom is -0.318 e. The number of benzene rings is 2. The van der Waals surface area contributed by atoms with E-state index in [2.05, 4.69) is 10.3 Å². The molecule has 2 aromatic carbocycles. The van der Waals surface area contributed by atoms with E-state index in [1.807, 2.05) is 0 Å². The average Bonchev–Trinajstić information content (AvgIpc) is 2.99. The number of aromatic nitrogens is 1. The molecule has 0 atom stereocenters. The molecule has 28 heavy (non-hydrogen) atoms. The highest BCUT2D eigenvalue weighted by Crippen LogP contribution is 2.38. The second kappa shape index (κ2) is 7.52. The lowest BCUT2D eigenvalue weighted by Crippen LogP contribution is -2.13. The molecule has 1 aromatic heterocycles. The number of thiazole rings is 1. The van der Waals surface area contributed by atoms with Crippen molar-refractivity contribution in [2.24, 2.45) is 0 Å². The zero-order valence-corrected chi connectivity index (χ0v) is 16.2. The molecule has 9 heteroatoms. The van der Waals surface area contributed by atoms with Gasteiger partial charge in [0, 0.05) is 5.56 Å². The van der Waals surface area contributed by atoms with E-state index in [1.54, 1.807) is 19.9 Å². The smallest absolute Gasteiger partial charge is 0.318 e. The van der Waals surface area contributed by atoms with Crippen LogP contribution in [-0.2, 0) is 6.18 Å². The third-order valence-corrected chi connectivity index (χ3v) is 5.51. The van der Waals surface area contributed by atoms with Crippen LogP contribution in [0.2, 0.25) is 5.02 Å². The first-order valence-electron chi connectivity index (χ1n) is 7.99. The van der Waals surface area contributed by atoms with Gasteiger partial charge in [0.15, 0.2) is 0 Å². The average molecular weight is 429 g/mol. The summed E-state index contributed by atoms with van der Waals surface area (Å²) in [6.45, 7) is 3.19. The van der Waals surface area contributed by atoms with Crippen molar-refractivity contribution in [2.45, 2.75) is 20.0 Å². The summed E-state index contributed by atoms with van der Waals surface area (Å²) in [5, 5.41) is 2.75. The minimum absolute atomic E-state index is 0.0407. The molecule has 1 amide bonds. The van der Waals surface area contributed by atoms with E-state index in [-0.39, 0.29) is 26.2 Å². The lowest BCUT2D eigenvalue weighted by atomic mass is 10.1. The van der Waals surface area contributed by atoms with E-state index in [0.29, 0.717) is 11.3 Å². The van der Waals surface area contributed by atoms with Crippen molar-refractivity contribution in [1.82, 2.24) is 4.98 Å². The van der Waals surface area contributed by atoms with E-state index < -0.39 is 23.5 Å². The van der Waals surface area contributed by atoms with Crippen LogP contribution >= 0.6 is 22.9 Å². The molecule has 3 rings (SSSR count). The largest absolute Gasteiger partial charge is 0.416 e. The maximum atomic E-state index is 14.0. The third-order valence-electron chi connectivity index (χ3n) is 3.99. The molecular weight excluding hydrogens is 416 g/mol. The standard InChI is InChI=1S/C19H13ClF4N2OS/c1-9-4-3-5-14(21)15(9)26-17(27)16-10(2)25-18(28-16)12-8-11(19(22,23)24)6-7-13(12)20/h3-8H,1-2H3,(H,26,27). The zero-order chi connectivity index (χ0) is 20.6. The predicted octanol–water partition coefficient (Wildman–Crippen LogP) is 6.49. The number of aryl methyl sites for hydroxylation is 2. The van der Waals surface area contributed by atoms with Gasteiger partial charge in [0.25, 0.3) is 5.91 Å². The molecule has 0 unspecified atom stereocenters. The van der Waals surface area contributed by atoms with Crippen molar-refractivity contribution in [3.63, 3.8) is 0 Å². The van der Waals surface area contributed by atoms with Crippen LogP contribution < -0.4 is 5.32 Å². The van der Waals surface area contributed by atoms with Crippen LogP contribution in [0, 0.1) is 19.7 Å². The number of hydrogen-bond acceptors (Lipinski definition) is 3. The van der Waals surface area contributed by atoms with Crippen molar-refractivity contribution < 1.29 is 22.4 Å².